The van der Waals surface area contributed by atoms with Gasteiger partial charge in [0.05, 0.1) is 6.21 Å². The van der Waals surface area contributed by atoms with Crippen molar-refractivity contribution in [2.45, 2.75) is 31.2 Å². The number of hydrogen-bond acceptors (Lipinski definition) is 4. The molecule has 1 heterocycles. The van der Waals surface area contributed by atoms with Crippen molar-refractivity contribution in [3.05, 3.63) is 75.5 Å². The van der Waals surface area contributed by atoms with Gasteiger partial charge in [0.1, 0.15) is 0 Å². The van der Waals surface area contributed by atoms with E-state index in [1.165, 1.54) is 11.1 Å². The molecule has 0 aliphatic heterocycles. The van der Waals surface area contributed by atoms with Crippen molar-refractivity contribution in [2.75, 3.05) is 0 Å². The number of halogens is 1. The van der Waals surface area contributed by atoms with E-state index in [1.807, 2.05) is 25.3 Å². The predicted molar refractivity (Wildman–Crippen MR) is 107 cm³/mol. The van der Waals surface area contributed by atoms with Gasteiger partial charge in [0, 0.05) is 10.2 Å². The molecule has 0 aliphatic rings. The molecule has 0 bridgehead atoms. The lowest BCUT2D eigenvalue weighted by Gasteiger charge is -2.03. The van der Waals surface area contributed by atoms with Crippen molar-refractivity contribution < 1.29 is 0 Å². The van der Waals surface area contributed by atoms with E-state index in [9.17, 15) is 0 Å². The third kappa shape index (κ3) is 4.80. The molecule has 0 amide bonds. The Morgan fingerprint density at radius 2 is 1.72 bits per heavy atom. The molecule has 0 aliphatic carbocycles. The summed E-state index contributed by atoms with van der Waals surface area (Å²) in [5.41, 5.74) is 3.62. The summed E-state index contributed by atoms with van der Waals surface area (Å²) < 4.78 is 2.87. The first-order chi connectivity index (χ1) is 12.2. The molecule has 2 aromatic carbocycles. The Balaban J connectivity index is 1.72. The fraction of sp³-hybridized carbons (Fsp3) is 0.211. The second-order valence-corrected chi connectivity index (χ2v) is 7.45. The number of rotatable bonds is 6. The highest BCUT2D eigenvalue weighted by atomic mass is 79.9. The zero-order valence-electron chi connectivity index (χ0n) is 14.2. The average molecular weight is 415 g/mol. The van der Waals surface area contributed by atoms with Gasteiger partial charge in [0.2, 0.25) is 5.16 Å². The molecule has 3 aromatic rings. The Hall–Kier alpha value is -1.92. The van der Waals surface area contributed by atoms with Crippen LogP contribution in [0.25, 0.3) is 0 Å². The molecule has 128 valence electrons. The molecule has 0 N–H and O–H groups in total. The largest absolute Gasteiger partial charge is 0.212 e. The topological polar surface area (TPSA) is 43.1 Å². The molecule has 3 rings (SSSR count). The normalized spacial score (nSPS) is 11.3. The second kappa shape index (κ2) is 8.45. The third-order valence-electron chi connectivity index (χ3n) is 3.76. The summed E-state index contributed by atoms with van der Waals surface area (Å²) in [5, 5.41) is 13.7. The maximum Gasteiger partial charge on any atom is 0.212 e. The molecular formula is C19H19BrN4S. The molecule has 0 radical (unpaired) electrons. The van der Waals surface area contributed by atoms with Crippen molar-refractivity contribution in [1.29, 1.82) is 0 Å². The minimum Gasteiger partial charge on any atom is -0.192 e. The number of aromatic nitrogens is 3. The molecule has 4 nitrogen and oxygen atoms in total. The Bertz CT molecular complexity index is 854. The van der Waals surface area contributed by atoms with Gasteiger partial charge in [-0.25, -0.2) is 0 Å². The van der Waals surface area contributed by atoms with E-state index >= 15 is 0 Å². The van der Waals surface area contributed by atoms with Crippen LogP contribution in [0, 0.1) is 6.92 Å². The van der Waals surface area contributed by atoms with Gasteiger partial charge in [0.25, 0.3) is 0 Å². The summed E-state index contributed by atoms with van der Waals surface area (Å²) in [7, 11) is 0. The lowest BCUT2D eigenvalue weighted by atomic mass is 10.1. The van der Waals surface area contributed by atoms with Crippen molar-refractivity contribution in [2.24, 2.45) is 5.10 Å². The smallest absolute Gasteiger partial charge is 0.192 e. The molecule has 0 fully saturated rings. The van der Waals surface area contributed by atoms with Gasteiger partial charge >= 0.3 is 0 Å². The molecule has 0 atom stereocenters. The second-order valence-electron chi connectivity index (χ2n) is 5.60. The van der Waals surface area contributed by atoms with E-state index < -0.39 is 0 Å². The van der Waals surface area contributed by atoms with Gasteiger partial charge in [-0.3, -0.25) is 0 Å². The van der Waals surface area contributed by atoms with Crippen molar-refractivity contribution in [1.82, 2.24) is 14.9 Å². The van der Waals surface area contributed by atoms with Gasteiger partial charge in [-0.05, 0) is 42.2 Å². The van der Waals surface area contributed by atoms with Crippen LogP contribution in [0.5, 0.6) is 0 Å². The van der Waals surface area contributed by atoms with Crippen LogP contribution >= 0.6 is 27.7 Å². The first-order valence-electron chi connectivity index (χ1n) is 8.08. The summed E-state index contributed by atoms with van der Waals surface area (Å²) in [6.07, 6.45) is 2.89. The van der Waals surface area contributed by atoms with Crippen LogP contribution in [-0.4, -0.2) is 21.1 Å². The number of benzene rings is 2. The third-order valence-corrected chi connectivity index (χ3v) is 5.28. The van der Waals surface area contributed by atoms with Gasteiger partial charge < -0.3 is 0 Å². The maximum absolute atomic E-state index is 4.56. The van der Waals surface area contributed by atoms with Crippen molar-refractivity contribution in [3.8, 4) is 0 Å². The van der Waals surface area contributed by atoms with Crippen LogP contribution in [-0.2, 0) is 12.2 Å². The highest BCUT2D eigenvalue weighted by Crippen LogP contribution is 2.22. The molecule has 0 saturated heterocycles. The Morgan fingerprint density at radius 1 is 1.04 bits per heavy atom. The minimum atomic E-state index is 0.778. The number of nitrogens with zero attached hydrogens (tertiary/aromatic N) is 4. The van der Waals surface area contributed by atoms with E-state index in [4.69, 9.17) is 0 Å². The molecule has 6 heteroatoms. The minimum absolute atomic E-state index is 0.778. The zero-order valence-corrected chi connectivity index (χ0v) is 16.6. The lowest BCUT2D eigenvalue weighted by molar-refractivity contribution is 0.744. The van der Waals surface area contributed by atoms with E-state index in [0.29, 0.717) is 0 Å². The van der Waals surface area contributed by atoms with Crippen LogP contribution < -0.4 is 0 Å². The van der Waals surface area contributed by atoms with E-state index in [-0.39, 0.29) is 0 Å². The molecular weight excluding hydrogens is 396 g/mol. The number of thioether (sulfide) groups is 1. The highest BCUT2D eigenvalue weighted by molar-refractivity contribution is 9.10. The summed E-state index contributed by atoms with van der Waals surface area (Å²) in [6.45, 7) is 4.06. The van der Waals surface area contributed by atoms with Crippen LogP contribution in [0.1, 0.15) is 29.4 Å². The molecule has 25 heavy (non-hydrogen) atoms. The zero-order chi connectivity index (χ0) is 17.6. The van der Waals surface area contributed by atoms with E-state index in [2.05, 4.69) is 74.6 Å². The molecule has 0 unspecified atom stereocenters. The summed E-state index contributed by atoms with van der Waals surface area (Å²) in [4.78, 5) is 0. The summed E-state index contributed by atoms with van der Waals surface area (Å²) >= 11 is 5.08. The van der Waals surface area contributed by atoms with Crippen molar-refractivity contribution >= 4 is 33.9 Å². The van der Waals surface area contributed by atoms with E-state index in [0.717, 1.165) is 33.2 Å². The molecule has 1 aromatic heterocycles. The first kappa shape index (κ1) is 17.9. The lowest BCUT2D eigenvalue weighted by Crippen LogP contribution is -1.96. The highest BCUT2D eigenvalue weighted by Gasteiger charge is 2.08. The van der Waals surface area contributed by atoms with Gasteiger partial charge in [0.15, 0.2) is 5.82 Å². The average Bonchev–Trinajstić information content (AvgIpc) is 2.99. The quantitative estimate of drug-likeness (QED) is 0.416. The van der Waals surface area contributed by atoms with Gasteiger partial charge in [-0.2, -0.15) is 9.78 Å². The van der Waals surface area contributed by atoms with Crippen LogP contribution in [0.15, 0.2) is 63.3 Å². The number of hydrogen-bond donors (Lipinski definition) is 0. The maximum atomic E-state index is 4.56. The SMILES string of the molecule is CCc1ccc(/C=N/n2c(C)nnc2SCc2ccc(Br)cc2)cc1. The molecule has 0 saturated carbocycles. The standard InChI is InChI=1S/C19H19BrN4S/c1-3-15-4-6-16(7-5-15)12-21-24-14(2)22-23-19(24)25-13-17-8-10-18(20)11-9-17/h4-12H,3,13H2,1-2H3/b21-12+. The monoisotopic (exact) mass is 414 g/mol. The fourth-order valence-corrected chi connectivity index (χ4v) is 3.41. The molecule has 0 spiro atoms. The number of aryl methyl sites for hydroxylation is 2. The van der Waals surface area contributed by atoms with Gasteiger partial charge in [-0.1, -0.05) is 71.0 Å². The Kier molecular flexibility index (Phi) is 6.04. The van der Waals surface area contributed by atoms with Crippen molar-refractivity contribution in [3.63, 3.8) is 0 Å². The Morgan fingerprint density at radius 3 is 2.40 bits per heavy atom. The summed E-state index contributed by atoms with van der Waals surface area (Å²) in [5.74, 6) is 1.60. The van der Waals surface area contributed by atoms with Crippen LogP contribution in [0.3, 0.4) is 0 Å². The summed E-state index contributed by atoms with van der Waals surface area (Å²) in [6, 6.07) is 16.7. The predicted octanol–water partition coefficient (Wildman–Crippen LogP) is 5.09. The first-order valence-corrected chi connectivity index (χ1v) is 9.86. The van der Waals surface area contributed by atoms with Crippen LogP contribution in [0.2, 0.25) is 0 Å². The van der Waals surface area contributed by atoms with Crippen LogP contribution in [0.4, 0.5) is 0 Å². The van der Waals surface area contributed by atoms with E-state index in [1.54, 1.807) is 16.4 Å². The Labute approximate surface area is 160 Å². The fourth-order valence-electron chi connectivity index (χ4n) is 2.25. The van der Waals surface area contributed by atoms with Gasteiger partial charge in [-0.15, -0.1) is 10.2 Å².